The van der Waals surface area contributed by atoms with Gasteiger partial charge in [0, 0.05) is 5.75 Å². The molecule has 0 aliphatic carbocycles. The zero-order valence-corrected chi connectivity index (χ0v) is 9.99. The molecule has 0 fully saturated rings. The van der Waals surface area contributed by atoms with Crippen molar-refractivity contribution < 1.29 is 24.5 Å². The van der Waals surface area contributed by atoms with Crippen LogP contribution in [0, 0.1) is 0 Å². The summed E-state index contributed by atoms with van der Waals surface area (Å²) in [6.07, 6.45) is 1.90. The highest BCUT2D eigenvalue weighted by atomic mass is 32.2. The van der Waals surface area contributed by atoms with E-state index in [0.717, 1.165) is 0 Å². The molecule has 0 amide bonds. The van der Waals surface area contributed by atoms with E-state index in [1.807, 2.05) is 6.26 Å². The van der Waals surface area contributed by atoms with Gasteiger partial charge in [-0.15, -0.1) is 0 Å². The Morgan fingerprint density at radius 1 is 1.29 bits per heavy atom. The first-order valence-corrected chi connectivity index (χ1v) is 6.18. The van der Waals surface area contributed by atoms with E-state index in [4.69, 9.17) is 14.9 Å². The normalized spacial score (nSPS) is 9.94. The Morgan fingerprint density at radius 3 is 2.53 bits per heavy atom. The minimum atomic E-state index is -1.14. The number of hydrogen-bond donors (Lipinski definition) is 2. The molecule has 1 aromatic rings. The molecule has 0 aromatic heterocycles. The van der Waals surface area contributed by atoms with Gasteiger partial charge in [-0.2, -0.15) is 11.8 Å². The van der Waals surface area contributed by atoms with Crippen LogP contribution in [0.1, 0.15) is 20.7 Å². The molecule has 0 aliphatic rings. The summed E-state index contributed by atoms with van der Waals surface area (Å²) >= 11 is 1.56. The number of carboxylic acids is 2. The highest BCUT2D eigenvalue weighted by Crippen LogP contribution is 2.21. The van der Waals surface area contributed by atoms with Crippen molar-refractivity contribution in [2.45, 2.75) is 0 Å². The first kappa shape index (κ1) is 13.4. The molecule has 0 saturated carbocycles. The van der Waals surface area contributed by atoms with E-state index in [1.165, 1.54) is 18.2 Å². The Kier molecular flexibility index (Phi) is 4.84. The van der Waals surface area contributed by atoms with Crippen molar-refractivity contribution in [3.05, 3.63) is 29.3 Å². The maximum Gasteiger partial charge on any atom is 0.339 e. The van der Waals surface area contributed by atoms with Crippen molar-refractivity contribution in [2.24, 2.45) is 0 Å². The van der Waals surface area contributed by atoms with E-state index in [2.05, 4.69) is 0 Å². The minimum absolute atomic E-state index is 0.00847. The van der Waals surface area contributed by atoms with Gasteiger partial charge in [0.1, 0.15) is 11.3 Å². The molecule has 1 aromatic carbocycles. The molecule has 0 saturated heterocycles. The summed E-state index contributed by atoms with van der Waals surface area (Å²) in [5.41, 5.74) is -0.0229. The van der Waals surface area contributed by atoms with Crippen LogP contribution >= 0.6 is 11.8 Å². The predicted octanol–water partition coefficient (Wildman–Crippen LogP) is 1.82. The quantitative estimate of drug-likeness (QED) is 0.755. The third-order valence-electron chi connectivity index (χ3n) is 2.00. The number of rotatable bonds is 6. The fourth-order valence-corrected chi connectivity index (χ4v) is 1.44. The molecule has 0 atom stereocenters. The Balaban J connectivity index is 2.98. The van der Waals surface area contributed by atoms with Gasteiger partial charge in [-0.05, 0) is 24.5 Å². The molecule has 92 valence electrons. The van der Waals surface area contributed by atoms with Gasteiger partial charge in [-0.1, -0.05) is 0 Å². The van der Waals surface area contributed by atoms with Crippen LogP contribution < -0.4 is 4.74 Å². The highest BCUT2D eigenvalue weighted by molar-refractivity contribution is 7.98. The van der Waals surface area contributed by atoms with E-state index in [-0.39, 0.29) is 16.9 Å². The van der Waals surface area contributed by atoms with Crippen molar-refractivity contribution in [1.82, 2.24) is 0 Å². The van der Waals surface area contributed by atoms with E-state index in [0.29, 0.717) is 12.4 Å². The van der Waals surface area contributed by atoms with Crippen LogP contribution in [0.15, 0.2) is 18.2 Å². The molecule has 1 rings (SSSR count). The first-order valence-electron chi connectivity index (χ1n) is 4.78. The Bertz CT molecular complexity index is 430. The van der Waals surface area contributed by atoms with E-state index >= 15 is 0 Å². The monoisotopic (exact) mass is 256 g/mol. The van der Waals surface area contributed by atoms with Crippen molar-refractivity contribution in [3.63, 3.8) is 0 Å². The molecule has 6 heteroatoms. The molecule has 2 N–H and O–H groups in total. The lowest BCUT2D eigenvalue weighted by molar-refractivity contribution is 0.0677. The van der Waals surface area contributed by atoms with Crippen LogP contribution in [-0.2, 0) is 0 Å². The Labute approximate surface area is 102 Å². The van der Waals surface area contributed by atoms with Gasteiger partial charge in [-0.25, -0.2) is 9.59 Å². The van der Waals surface area contributed by atoms with Gasteiger partial charge in [0.25, 0.3) is 0 Å². The summed E-state index contributed by atoms with van der Waals surface area (Å²) in [5.74, 6) is -1.46. The average molecular weight is 256 g/mol. The number of benzene rings is 1. The van der Waals surface area contributed by atoms with E-state index < -0.39 is 11.9 Å². The molecule has 0 spiro atoms. The van der Waals surface area contributed by atoms with Crippen LogP contribution in [0.3, 0.4) is 0 Å². The van der Waals surface area contributed by atoms with Crippen LogP contribution in [0.25, 0.3) is 0 Å². The topological polar surface area (TPSA) is 83.8 Å². The van der Waals surface area contributed by atoms with Gasteiger partial charge in [-0.3, -0.25) is 0 Å². The Hall–Kier alpha value is -1.69. The van der Waals surface area contributed by atoms with Gasteiger partial charge in [0.15, 0.2) is 0 Å². The third kappa shape index (κ3) is 3.67. The molecule has 17 heavy (non-hydrogen) atoms. The fraction of sp³-hybridized carbons (Fsp3) is 0.273. The number of thioether (sulfide) groups is 1. The van der Waals surface area contributed by atoms with Crippen molar-refractivity contribution in [3.8, 4) is 5.75 Å². The molecule has 0 radical (unpaired) electrons. The number of aromatic carboxylic acids is 2. The van der Waals surface area contributed by atoms with Gasteiger partial charge in [0.2, 0.25) is 0 Å². The summed E-state index contributed by atoms with van der Waals surface area (Å²) < 4.78 is 5.26. The molecule has 0 heterocycles. The zero-order valence-electron chi connectivity index (χ0n) is 9.17. The SMILES string of the molecule is CSCCOc1cc(C(=O)O)ccc1C(=O)O. The smallest absolute Gasteiger partial charge is 0.339 e. The van der Waals surface area contributed by atoms with Crippen LogP contribution in [0.5, 0.6) is 5.75 Å². The summed E-state index contributed by atoms with van der Waals surface area (Å²) in [5, 5.41) is 17.7. The first-order chi connectivity index (χ1) is 8.06. The Morgan fingerprint density at radius 2 is 2.00 bits per heavy atom. The van der Waals surface area contributed by atoms with Crippen molar-refractivity contribution >= 4 is 23.7 Å². The predicted molar refractivity (Wildman–Crippen MR) is 64.2 cm³/mol. The van der Waals surface area contributed by atoms with E-state index in [1.54, 1.807) is 11.8 Å². The van der Waals surface area contributed by atoms with E-state index in [9.17, 15) is 9.59 Å². The molecule has 5 nitrogen and oxygen atoms in total. The van der Waals surface area contributed by atoms with Crippen LogP contribution in [0.2, 0.25) is 0 Å². The lowest BCUT2D eigenvalue weighted by Gasteiger charge is -2.09. The second-order valence-corrected chi connectivity index (χ2v) is 4.15. The van der Waals surface area contributed by atoms with Crippen LogP contribution in [0.4, 0.5) is 0 Å². The maximum absolute atomic E-state index is 10.9. The second-order valence-electron chi connectivity index (χ2n) is 3.16. The largest absolute Gasteiger partial charge is 0.492 e. The molecular weight excluding hydrogens is 244 g/mol. The highest BCUT2D eigenvalue weighted by Gasteiger charge is 2.14. The van der Waals surface area contributed by atoms with Gasteiger partial charge < -0.3 is 14.9 Å². The molecule has 0 unspecified atom stereocenters. The molecule has 0 aliphatic heterocycles. The average Bonchev–Trinajstić information content (AvgIpc) is 2.28. The summed E-state index contributed by atoms with van der Waals surface area (Å²) in [6, 6.07) is 3.71. The molecule has 0 bridgehead atoms. The van der Waals surface area contributed by atoms with Crippen LogP contribution in [-0.4, -0.2) is 40.8 Å². The summed E-state index contributed by atoms with van der Waals surface area (Å²) in [6.45, 7) is 0.338. The second kappa shape index (κ2) is 6.15. The number of ether oxygens (including phenoxy) is 1. The van der Waals surface area contributed by atoms with Crippen molar-refractivity contribution in [2.75, 3.05) is 18.6 Å². The maximum atomic E-state index is 10.9. The summed E-state index contributed by atoms with van der Waals surface area (Å²) in [4.78, 5) is 21.7. The minimum Gasteiger partial charge on any atom is -0.492 e. The van der Waals surface area contributed by atoms with Crippen molar-refractivity contribution in [1.29, 1.82) is 0 Å². The number of carbonyl (C=O) groups is 2. The zero-order chi connectivity index (χ0) is 12.8. The lowest BCUT2D eigenvalue weighted by atomic mass is 10.1. The fourth-order valence-electron chi connectivity index (χ4n) is 1.19. The summed E-state index contributed by atoms with van der Waals surface area (Å²) in [7, 11) is 0. The van der Waals surface area contributed by atoms with Gasteiger partial charge in [0.05, 0.1) is 12.2 Å². The standard InChI is InChI=1S/C11H12O5S/c1-17-5-4-16-9-6-7(10(12)13)2-3-8(9)11(14)15/h2-3,6H,4-5H2,1H3,(H,12,13)(H,14,15). The third-order valence-corrected chi connectivity index (χ3v) is 2.58. The van der Waals surface area contributed by atoms with Gasteiger partial charge >= 0.3 is 11.9 Å². The molecular formula is C11H12O5S. The lowest BCUT2D eigenvalue weighted by Crippen LogP contribution is -2.07. The number of carboxylic acid groups (broad SMARTS) is 2. The number of hydrogen-bond acceptors (Lipinski definition) is 4.